The lowest BCUT2D eigenvalue weighted by atomic mass is 10.1. The number of esters is 1. The second-order valence-electron chi connectivity index (χ2n) is 4.73. The lowest BCUT2D eigenvalue weighted by Crippen LogP contribution is -2.39. The van der Waals surface area contributed by atoms with Gasteiger partial charge < -0.3 is 4.74 Å². The molecule has 0 heterocycles. The van der Waals surface area contributed by atoms with Crippen molar-refractivity contribution >= 4 is 16.0 Å². The first-order chi connectivity index (χ1) is 10.5. The molecule has 0 aliphatic rings. The molecule has 0 aromatic heterocycles. The molecule has 116 valence electrons. The van der Waals surface area contributed by atoms with Crippen molar-refractivity contribution in [2.75, 3.05) is 7.11 Å². The minimum atomic E-state index is -3.84. The average molecular weight is 319 g/mol. The number of hydrogen-bond acceptors (Lipinski definition) is 4. The second-order valence-corrected chi connectivity index (χ2v) is 6.41. The number of rotatable bonds is 5. The zero-order chi connectivity index (χ0) is 16.2. The number of methoxy groups -OCH3 is 1. The van der Waals surface area contributed by atoms with Crippen LogP contribution in [0.3, 0.4) is 0 Å². The molecule has 2 aromatic rings. The highest BCUT2D eigenvalue weighted by molar-refractivity contribution is 7.89. The molecule has 2 aromatic carbocycles. The Morgan fingerprint density at radius 1 is 1.05 bits per heavy atom. The van der Waals surface area contributed by atoms with Gasteiger partial charge in [-0.15, -0.1) is 0 Å². The molecular weight excluding hydrogens is 302 g/mol. The second kappa shape index (κ2) is 6.72. The molecule has 0 amide bonds. The van der Waals surface area contributed by atoms with Crippen LogP contribution in [-0.4, -0.2) is 27.5 Å². The number of carbonyl (C=O) groups excluding carboxylic acids is 1. The van der Waals surface area contributed by atoms with E-state index in [9.17, 15) is 13.2 Å². The van der Waals surface area contributed by atoms with Gasteiger partial charge in [0.2, 0.25) is 10.0 Å². The largest absolute Gasteiger partial charge is 0.468 e. The van der Waals surface area contributed by atoms with E-state index in [0.717, 1.165) is 5.56 Å². The van der Waals surface area contributed by atoms with E-state index in [4.69, 9.17) is 0 Å². The predicted molar refractivity (Wildman–Crippen MR) is 83.7 cm³/mol. The summed E-state index contributed by atoms with van der Waals surface area (Å²) in [5.41, 5.74) is 1.36. The van der Waals surface area contributed by atoms with Gasteiger partial charge in [-0.05, 0) is 18.6 Å². The molecule has 2 rings (SSSR count). The maximum Gasteiger partial charge on any atom is 0.323 e. The van der Waals surface area contributed by atoms with E-state index in [1.165, 1.54) is 20.1 Å². The summed E-state index contributed by atoms with van der Waals surface area (Å²) in [6, 6.07) is 14.9. The summed E-state index contributed by atoms with van der Waals surface area (Å²) in [6.07, 6.45) is 0. The fourth-order valence-corrected chi connectivity index (χ4v) is 3.50. The smallest absolute Gasteiger partial charge is 0.323 e. The monoisotopic (exact) mass is 319 g/mol. The molecule has 1 atom stereocenters. The van der Waals surface area contributed by atoms with Crippen LogP contribution in [0.2, 0.25) is 0 Å². The normalized spacial score (nSPS) is 12.6. The van der Waals surface area contributed by atoms with Gasteiger partial charge in [0.25, 0.3) is 0 Å². The van der Waals surface area contributed by atoms with Crippen molar-refractivity contribution in [3.05, 3.63) is 54.6 Å². The SMILES string of the molecule is COC(=O)[C@H](C)NS(=O)(=O)c1ccccc1-c1ccccc1. The first-order valence-corrected chi connectivity index (χ1v) is 8.18. The number of hydrogen-bond donors (Lipinski definition) is 1. The molecule has 5 nitrogen and oxygen atoms in total. The van der Waals surface area contributed by atoms with Crippen molar-refractivity contribution in [2.45, 2.75) is 17.9 Å². The fraction of sp³-hybridized carbons (Fsp3) is 0.188. The van der Waals surface area contributed by atoms with Crippen LogP contribution < -0.4 is 4.72 Å². The Bertz CT molecular complexity index is 757. The van der Waals surface area contributed by atoms with Gasteiger partial charge in [0.15, 0.2) is 0 Å². The van der Waals surface area contributed by atoms with Crippen LogP contribution in [0.15, 0.2) is 59.5 Å². The Morgan fingerprint density at radius 3 is 2.27 bits per heavy atom. The van der Waals surface area contributed by atoms with Crippen molar-refractivity contribution in [1.82, 2.24) is 4.72 Å². The van der Waals surface area contributed by atoms with Crippen molar-refractivity contribution in [2.24, 2.45) is 0 Å². The van der Waals surface area contributed by atoms with Gasteiger partial charge in [-0.1, -0.05) is 48.5 Å². The molecule has 0 saturated carbocycles. The first-order valence-electron chi connectivity index (χ1n) is 6.70. The van der Waals surface area contributed by atoms with E-state index >= 15 is 0 Å². The van der Waals surface area contributed by atoms with E-state index in [1.807, 2.05) is 30.3 Å². The van der Waals surface area contributed by atoms with Crippen LogP contribution in [0.5, 0.6) is 0 Å². The lowest BCUT2D eigenvalue weighted by Gasteiger charge is -2.15. The number of carbonyl (C=O) groups is 1. The van der Waals surface area contributed by atoms with E-state index in [0.29, 0.717) is 5.56 Å². The molecule has 6 heteroatoms. The van der Waals surface area contributed by atoms with Crippen LogP contribution >= 0.6 is 0 Å². The Kier molecular flexibility index (Phi) is 4.95. The van der Waals surface area contributed by atoms with E-state index < -0.39 is 22.0 Å². The number of ether oxygens (including phenoxy) is 1. The van der Waals surface area contributed by atoms with Crippen molar-refractivity contribution in [3.63, 3.8) is 0 Å². The molecule has 0 spiro atoms. The van der Waals surface area contributed by atoms with Crippen LogP contribution in [-0.2, 0) is 19.6 Å². The van der Waals surface area contributed by atoms with Crippen molar-refractivity contribution in [3.8, 4) is 11.1 Å². The summed E-state index contributed by atoms with van der Waals surface area (Å²) >= 11 is 0. The van der Waals surface area contributed by atoms with Crippen LogP contribution in [0.1, 0.15) is 6.92 Å². The van der Waals surface area contributed by atoms with Gasteiger partial charge in [-0.25, -0.2) is 8.42 Å². The van der Waals surface area contributed by atoms with E-state index in [1.54, 1.807) is 18.2 Å². The summed E-state index contributed by atoms with van der Waals surface area (Å²) in [5.74, 6) is -0.638. The van der Waals surface area contributed by atoms with E-state index in [2.05, 4.69) is 9.46 Å². The van der Waals surface area contributed by atoms with E-state index in [-0.39, 0.29) is 4.90 Å². The lowest BCUT2D eigenvalue weighted by molar-refractivity contribution is -0.142. The molecule has 1 N–H and O–H groups in total. The number of nitrogens with one attached hydrogen (secondary N) is 1. The average Bonchev–Trinajstić information content (AvgIpc) is 2.54. The Balaban J connectivity index is 2.43. The van der Waals surface area contributed by atoms with Crippen LogP contribution in [0, 0.1) is 0 Å². The standard InChI is InChI=1S/C16H17NO4S/c1-12(16(18)21-2)17-22(19,20)15-11-7-6-10-14(15)13-8-4-3-5-9-13/h3-12,17H,1-2H3/t12-/m0/s1. The zero-order valence-corrected chi connectivity index (χ0v) is 13.1. The minimum Gasteiger partial charge on any atom is -0.468 e. The summed E-state index contributed by atoms with van der Waals surface area (Å²) in [4.78, 5) is 11.5. The number of sulfonamides is 1. The minimum absolute atomic E-state index is 0.122. The summed E-state index contributed by atoms with van der Waals surface area (Å²) in [5, 5.41) is 0. The highest BCUT2D eigenvalue weighted by Gasteiger charge is 2.24. The topological polar surface area (TPSA) is 72.5 Å². The Morgan fingerprint density at radius 2 is 1.64 bits per heavy atom. The maximum absolute atomic E-state index is 12.5. The molecule has 0 fully saturated rings. The third kappa shape index (κ3) is 3.52. The van der Waals surface area contributed by atoms with Crippen molar-refractivity contribution < 1.29 is 17.9 Å². The quantitative estimate of drug-likeness (QED) is 0.858. The van der Waals surface area contributed by atoms with Crippen LogP contribution in [0.25, 0.3) is 11.1 Å². The molecule has 0 bridgehead atoms. The predicted octanol–water partition coefficient (Wildman–Crippen LogP) is 2.19. The molecule has 0 radical (unpaired) electrons. The Hall–Kier alpha value is -2.18. The van der Waals surface area contributed by atoms with Gasteiger partial charge in [-0.2, -0.15) is 4.72 Å². The molecule has 0 unspecified atom stereocenters. The summed E-state index contributed by atoms with van der Waals surface area (Å²) in [6.45, 7) is 1.44. The highest BCUT2D eigenvalue weighted by Crippen LogP contribution is 2.27. The fourth-order valence-electron chi connectivity index (χ4n) is 2.08. The van der Waals surface area contributed by atoms with Gasteiger partial charge in [0.1, 0.15) is 6.04 Å². The summed E-state index contributed by atoms with van der Waals surface area (Å²) in [7, 11) is -2.63. The molecule has 22 heavy (non-hydrogen) atoms. The first kappa shape index (κ1) is 16.2. The van der Waals surface area contributed by atoms with Crippen molar-refractivity contribution in [1.29, 1.82) is 0 Å². The van der Waals surface area contributed by atoms with Gasteiger partial charge >= 0.3 is 5.97 Å². The van der Waals surface area contributed by atoms with Crippen LogP contribution in [0.4, 0.5) is 0 Å². The summed E-state index contributed by atoms with van der Waals surface area (Å²) < 4.78 is 32.0. The molecule has 0 aliphatic heterocycles. The third-order valence-electron chi connectivity index (χ3n) is 3.15. The molecular formula is C16H17NO4S. The number of benzene rings is 2. The van der Waals surface area contributed by atoms with Gasteiger partial charge in [0.05, 0.1) is 12.0 Å². The third-order valence-corrected chi connectivity index (χ3v) is 4.75. The Labute approximate surface area is 130 Å². The maximum atomic E-state index is 12.5. The zero-order valence-electron chi connectivity index (χ0n) is 12.3. The van der Waals surface area contributed by atoms with Gasteiger partial charge in [-0.3, -0.25) is 4.79 Å². The van der Waals surface area contributed by atoms with Gasteiger partial charge in [0, 0.05) is 5.56 Å². The molecule has 0 saturated heterocycles. The molecule has 0 aliphatic carbocycles. The highest BCUT2D eigenvalue weighted by atomic mass is 32.2.